The van der Waals surface area contributed by atoms with E-state index < -0.39 is 0 Å². The standard InChI is InChI=1S/C22H16O2S2/c1-2-24-22(23)17-12-15(14-8-4-3-5-9-14)13-19-20(17)21(25)16-10-6-7-11-18(16)26-19/h3-13H,2H2,1H3. The predicted molar refractivity (Wildman–Crippen MR) is 112 cm³/mol. The minimum Gasteiger partial charge on any atom is -0.462 e. The maximum atomic E-state index is 12.7. The van der Waals surface area contributed by atoms with Crippen molar-refractivity contribution in [1.82, 2.24) is 0 Å². The highest BCUT2D eigenvalue weighted by Gasteiger charge is 2.17. The average molecular weight is 377 g/mol. The maximum absolute atomic E-state index is 12.7. The van der Waals surface area contributed by atoms with Crippen molar-refractivity contribution in [2.45, 2.75) is 6.92 Å². The Morgan fingerprint density at radius 3 is 2.46 bits per heavy atom. The lowest BCUT2D eigenvalue weighted by atomic mass is 10.00. The van der Waals surface area contributed by atoms with Crippen molar-refractivity contribution < 1.29 is 9.53 Å². The Labute approximate surface area is 160 Å². The molecule has 26 heavy (non-hydrogen) atoms. The smallest absolute Gasteiger partial charge is 0.338 e. The highest BCUT2D eigenvalue weighted by atomic mass is 32.1. The van der Waals surface area contributed by atoms with Gasteiger partial charge in [0.1, 0.15) is 0 Å². The Morgan fingerprint density at radius 1 is 0.962 bits per heavy atom. The van der Waals surface area contributed by atoms with Crippen molar-refractivity contribution in [1.29, 1.82) is 0 Å². The molecule has 0 aliphatic carbocycles. The number of hydrogen-bond donors (Lipinski definition) is 0. The van der Waals surface area contributed by atoms with Crippen LogP contribution in [0.5, 0.6) is 0 Å². The molecule has 3 aromatic carbocycles. The molecule has 0 bridgehead atoms. The molecule has 0 saturated carbocycles. The van der Waals surface area contributed by atoms with Crippen LogP contribution in [0.4, 0.5) is 0 Å². The largest absolute Gasteiger partial charge is 0.462 e. The van der Waals surface area contributed by atoms with Gasteiger partial charge in [0.15, 0.2) is 0 Å². The molecule has 0 N–H and O–H groups in total. The summed E-state index contributed by atoms with van der Waals surface area (Å²) in [5, 5.41) is 1.81. The number of esters is 1. The van der Waals surface area contributed by atoms with E-state index >= 15 is 0 Å². The van der Waals surface area contributed by atoms with Gasteiger partial charge < -0.3 is 4.74 Å². The number of benzene rings is 3. The normalized spacial score (nSPS) is 11.0. The molecule has 0 unspecified atom stereocenters. The second kappa shape index (κ2) is 6.98. The molecular formula is C22H16O2S2. The summed E-state index contributed by atoms with van der Waals surface area (Å²) >= 11 is 7.39. The van der Waals surface area contributed by atoms with Crippen LogP contribution in [0.2, 0.25) is 0 Å². The highest BCUT2D eigenvalue weighted by molar-refractivity contribution is 7.72. The van der Waals surface area contributed by atoms with E-state index in [1.54, 1.807) is 11.3 Å². The summed E-state index contributed by atoms with van der Waals surface area (Å²) < 4.78 is 8.13. The molecule has 4 rings (SSSR count). The maximum Gasteiger partial charge on any atom is 0.338 e. The fourth-order valence-electron chi connectivity index (χ4n) is 3.09. The molecule has 0 aliphatic heterocycles. The first kappa shape index (κ1) is 16.9. The van der Waals surface area contributed by atoms with Gasteiger partial charge in [-0.3, -0.25) is 0 Å². The molecular weight excluding hydrogens is 360 g/mol. The van der Waals surface area contributed by atoms with Crippen molar-refractivity contribution in [3.05, 3.63) is 76.8 Å². The lowest BCUT2D eigenvalue weighted by Gasteiger charge is -2.11. The fraction of sp³-hybridized carbons (Fsp3) is 0.0909. The SMILES string of the molecule is CCOC(=O)c1cc(-c2ccccc2)cc2sc3ccccc3c(=S)c12. The van der Waals surface area contributed by atoms with Gasteiger partial charge in [-0.05, 0) is 36.2 Å². The van der Waals surface area contributed by atoms with Gasteiger partial charge in [-0.25, -0.2) is 4.79 Å². The summed E-state index contributed by atoms with van der Waals surface area (Å²) in [4.78, 5) is 12.7. The van der Waals surface area contributed by atoms with E-state index in [9.17, 15) is 4.79 Å². The van der Waals surface area contributed by atoms with Crippen LogP contribution in [0, 0.1) is 4.51 Å². The number of ether oxygens (including phenoxy) is 1. The Hall–Kier alpha value is -2.56. The van der Waals surface area contributed by atoms with E-state index in [1.165, 1.54) is 0 Å². The Kier molecular flexibility index (Phi) is 4.53. The number of rotatable bonds is 3. The minimum atomic E-state index is -0.330. The van der Waals surface area contributed by atoms with Crippen molar-refractivity contribution in [3.63, 3.8) is 0 Å². The van der Waals surface area contributed by atoms with E-state index in [2.05, 4.69) is 12.1 Å². The van der Waals surface area contributed by atoms with Crippen LogP contribution in [0.15, 0.2) is 66.7 Å². The van der Waals surface area contributed by atoms with Gasteiger partial charge in [-0.1, -0.05) is 60.7 Å². The zero-order valence-electron chi connectivity index (χ0n) is 14.2. The van der Waals surface area contributed by atoms with Crippen LogP contribution in [0.25, 0.3) is 31.3 Å². The zero-order valence-corrected chi connectivity index (χ0v) is 15.8. The van der Waals surface area contributed by atoms with Crippen LogP contribution in [-0.4, -0.2) is 12.6 Å². The van der Waals surface area contributed by atoms with Gasteiger partial charge in [0.05, 0.1) is 16.7 Å². The average Bonchev–Trinajstić information content (AvgIpc) is 2.68. The Bertz CT molecular complexity index is 1180. The van der Waals surface area contributed by atoms with E-state index in [4.69, 9.17) is 17.0 Å². The molecule has 4 heteroatoms. The monoisotopic (exact) mass is 376 g/mol. The summed E-state index contributed by atoms with van der Waals surface area (Å²) in [6.07, 6.45) is 0. The molecule has 0 fully saturated rings. The summed E-state index contributed by atoms with van der Waals surface area (Å²) in [6.45, 7) is 2.15. The number of carbonyl (C=O) groups is 1. The first-order valence-electron chi connectivity index (χ1n) is 8.41. The minimum absolute atomic E-state index is 0.330. The lowest BCUT2D eigenvalue weighted by Crippen LogP contribution is -2.06. The molecule has 0 radical (unpaired) electrons. The van der Waals surface area contributed by atoms with Crippen LogP contribution in [0.1, 0.15) is 17.3 Å². The first-order chi connectivity index (χ1) is 12.7. The molecule has 4 aromatic rings. The van der Waals surface area contributed by atoms with Gasteiger partial charge in [0.2, 0.25) is 0 Å². The third-order valence-corrected chi connectivity index (χ3v) is 5.83. The van der Waals surface area contributed by atoms with Crippen molar-refractivity contribution in [2.75, 3.05) is 6.61 Å². The molecule has 0 spiro atoms. The van der Waals surface area contributed by atoms with Gasteiger partial charge in [0, 0.05) is 20.2 Å². The van der Waals surface area contributed by atoms with Crippen LogP contribution in [0.3, 0.4) is 0 Å². The van der Waals surface area contributed by atoms with Gasteiger partial charge >= 0.3 is 5.97 Å². The molecule has 1 aromatic heterocycles. The molecule has 0 aliphatic rings. The third kappa shape index (κ3) is 2.91. The van der Waals surface area contributed by atoms with Crippen molar-refractivity contribution in [2.24, 2.45) is 0 Å². The summed E-state index contributed by atoms with van der Waals surface area (Å²) in [5.74, 6) is -0.330. The summed E-state index contributed by atoms with van der Waals surface area (Å²) in [6, 6.07) is 22.1. The summed E-state index contributed by atoms with van der Waals surface area (Å²) in [7, 11) is 0. The van der Waals surface area contributed by atoms with Gasteiger partial charge in [-0.2, -0.15) is 0 Å². The second-order valence-corrected chi connectivity index (χ2v) is 7.40. The predicted octanol–water partition coefficient (Wildman–Crippen LogP) is 6.63. The van der Waals surface area contributed by atoms with Gasteiger partial charge in [-0.15, -0.1) is 11.3 Å². The molecule has 2 nitrogen and oxygen atoms in total. The molecule has 0 amide bonds. The molecule has 1 heterocycles. The Balaban J connectivity index is 2.10. The van der Waals surface area contributed by atoms with E-state index in [0.717, 1.165) is 31.3 Å². The van der Waals surface area contributed by atoms with E-state index in [1.807, 2.05) is 61.5 Å². The van der Waals surface area contributed by atoms with E-state index in [0.29, 0.717) is 16.7 Å². The second-order valence-electron chi connectivity index (χ2n) is 5.91. The van der Waals surface area contributed by atoms with Gasteiger partial charge in [0.25, 0.3) is 0 Å². The van der Waals surface area contributed by atoms with Crippen LogP contribution in [-0.2, 0) is 4.74 Å². The topological polar surface area (TPSA) is 26.3 Å². The van der Waals surface area contributed by atoms with Crippen LogP contribution >= 0.6 is 23.6 Å². The zero-order chi connectivity index (χ0) is 18.1. The number of fused-ring (bicyclic) bond motifs is 2. The molecule has 128 valence electrons. The van der Waals surface area contributed by atoms with Crippen molar-refractivity contribution >= 4 is 49.7 Å². The van der Waals surface area contributed by atoms with Crippen LogP contribution < -0.4 is 0 Å². The first-order valence-corrected chi connectivity index (χ1v) is 9.63. The number of carbonyl (C=O) groups excluding carboxylic acids is 1. The lowest BCUT2D eigenvalue weighted by molar-refractivity contribution is 0.0529. The summed E-state index contributed by atoms with van der Waals surface area (Å²) in [5.41, 5.74) is 2.59. The number of hydrogen-bond acceptors (Lipinski definition) is 4. The van der Waals surface area contributed by atoms with Crippen molar-refractivity contribution in [3.8, 4) is 11.1 Å². The third-order valence-electron chi connectivity index (χ3n) is 4.28. The fourth-order valence-corrected chi connectivity index (χ4v) is 4.78. The Morgan fingerprint density at radius 2 is 1.69 bits per heavy atom. The van der Waals surface area contributed by atoms with E-state index in [-0.39, 0.29) is 5.97 Å². The highest BCUT2D eigenvalue weighted by Crippen LogP contribution is 2.36. The quantitative estimate of drug-likeness (QED) is 0.228. The molecule has 0 saturated heterocycles. The molecule has 0 atom stereocenters.